The summed E-state index contributed by atoms with van der Waals surface area (Å²) < 4.78 is 39.2. The fourth-order valence-corrected chi connectivity index (χ4v) is 3.21. The lowest BCUT2D eigenvalue weighted by atomic mass is 10.3. The zero-order chi connectivity index (χ0) is 14.8. The number of halogens is 1. The molecular formula is C12H15FN2O4S. The van der Waals surface area contributed by atoms with Crippen LogP contribution in [-0.4, -0.2) is 31.9 Å². The van der Waals surface area contributed by atoms with E-state index in [2.05, 4.69) is 5.32 Å². The molecule has 110 valence electrons. The predicted molar refractivity (Wildman–Crippen MR) is 69.8 cm³/mol. The van der Waals surface area contributed by atoms with Crippen molar-refractivity contribution < 1.29 is 22.4 Å². The lowest BCUT2D eigenvalue weighted by Crippen LogP contribution is -2.36. The summed E-state index contributed by atoms with van der Waals surface area (Å²) in [6, 6.07) is 3.42. The molecule has 0 radical (unpaired) electrons. The van der Waals surface area contributed by atoms with Crippen LogP contribution in [0.25, 0.3) is 0 Å². The monoisotopic (exact) mass is 302 g/mol. The Bertz CT molecular complexity index is 612. The predicted octanol–water partition coefficient (Wildman–Crippen LogP) is 1.50. The lowest BCUT2D eigenvalue weighted by Gasteiger charge is -2.25. The van der Waals surface area contributed by atoms with Crippen molar-refractivity contribution >= 4 is 21.6 Å². The van der Waals surface area contributed by atoms with Gasteiger partial charge in [0, 0.05) is 19.2 Å². The van der Waals surface area contributed by atoms with Gasteiger partial charge in [0.2, 0.25) is 5.91 Å². The molecule has 0 aliphatic carbocycles. The number of hydrogen-bond acceptors (Lipinski definition) is 4. The van der Waals surface area contributed by atoms with Gasteiger partial charge in [0.1, 0.15) is 10.7 Å². The van der Waals surface area contributed by atoms with Crippen LogP contribution in [0.5, 0.6) is 0 Å². The molecular weight excluding hydrogens is 287 g/mol. The van der Waals surface area contributed by atoms with Crippen molar-refractivity contribution in [2.75, 3.05) is 18.5 Å². The van der Waals surface area contributed by atoms with Crippen LogP contribution in [0.3, 0.4) is 0 Å². The number of hydrogen-bond donors (Lipinski definition) is 1. The third-order valence-corrected chi connectivity index (χ3v) is 4.48. The molecule has 0 saturated carbocycles. The molecule has 1 aliphatic heterocycles. The number of nitrogens with one attached hydrogen (secondary N) is 1. The topological polar surface area (TPSA) is 75.7 Å². The van der Waals surface area contributed by atoms with Crippen LogP contribution in [0.2, 0.25) is 0 Å². The van der Waals surface area contributed by atoms with Crippen LogP contribution in [0, 0.1) is 5.82 Å². The van der Waals surface area contributed by atoms with Gasteiger partial charge in [-0.05, 0) is 31.0 Å². The summed E-state index contributed by atoms with van der Waals surface area (Å²) in [5, 5.41) is 2.39. The molecule has 0 spiro atoms. The van der Waals surface area contributed by atoms with Crippen molar-refractivity contribution in [3.05, 3.63) is 24.0 Å². The maximum atomic E-state index is 13.9. The highest BCUT2D eigenvalue weighted by Gasteiger charge is 2.30. The van der Waals surface area contributed by atoms with Crippen LogP contribution in [-0.2, 0) is 19.7 Å². The van der Waals surface area contributed by atoms with E-state index in [4.69, 9.17) is 4.84 Å². The van der Waals surface area contributed by atoms with E-state index < -0.39 is 20.7 Å². The van der Waals surface area contributed by atoms with E-state index in [1.54, 1.807) is 0 Å². The average Bonchev–Trinajstić information content (AvgIpc) is 2.38. The first-order valence-corrected chi connectivity index (χ1v) is 7.58. The highest BCUT2D eigenvalue weighted by Crippen LogP contribution is 2.24. The Morgan fingerprint density at radius 3 is 2.70 bits per heavy atom. The summed E-state index contributed by atoms with van der Waals surface area (Å²) >= 11 is 0. The summed E-state index contributed by atoms with van der Waals surface area (Å²) in [5.74, 6) is -1.29. The number of nitrogens with zero attached hydrogens (tertiary/aromatic N) is 1. The van der Waals surface area contributed by atoms with Crippen LogP contribution in [0.15, 0.2) is 23.1 Å². The molecule has 1 saturated heterocycles. The molecule has 0 bridgehead atoms. The van der Waals surface area contributed by atoms with E-state index in [-0.39, 0.29) is 18.1 Å². The first-order valence-electron chi connectivity index (χ1n) is 6.14. The molecule has 1 amide bonds. The zero-order valence-electron chi connectivity index (χ0n) is 10.9. The minimum atomic E-state index is -4.01. The highest BCUT2D eigenvalue weighted by atomic mass is 32.2. The number of anilines is 1. The maximum Gasteiger partial charge on any atom is 0.267 e. The van der Waals surface area contributed by atoms with Crippen molar-refractivity contribution in [3.8, 4) is 0 Å². The van der Waals surface area contributed by atoms with E-state index in [0.29, 0.717) is 13.0 Å². The minimum absolute atomic E-state index is 0.202. The van der Waals surface area contributed by atoms with Crippen LogP contribution < -0.4 is 5.32 Å². The zero-order valence-corrected chi connectivity index (χ0v) is 11.7. The number of rotatable bonds is 3. The molecule has 2 rings (SSSR count). The van der Waals surface area contributed by atoms with Gasteiger partial charge in [0.15, 0.2) is 0 Å². The third kappa shape index (κ3) is 3.14. The van der Waals surface area contributed by atoms with Gasteiger partial charge in [-0.2, -0.15) is 0 Å². The molecule has 0 unspecified atom stereocenters. The van der Waals surface area contributed by atoms with Gasteiger partial charge < -0.3 is 5.32 Å². The average molecular weight is 302 g/mol. The normalized spacial score (nSPS) is 16.9. The van der Waals surface area contributed by atoms with Gasteiger partial charge in [-0.15, -0.1) is 0 Å². The molecule has 1 N–H and O–H groups in total. The summed E-state index contributed by atoms with van der Waals surface area (Å²) in [5.41, 5.74) is 0.202. The first kappa shape index (κ1) is 14.9. The van der Waals surface area contributed by atoms with Gasteiger partial charge in [-0.1, -0.05) is 4.47 Å². The van der Waals surface area contributed by atoms with Crippen molar-refractivity contribution in [1.82, 2.24) is 4.47 Å². The number of hydroxylamine groups is 1. The molecule has 1 aromatic carbocycles. The van der Waals surface area contributed by atoms with Gasteiger partial charge in [0.05, 0.1) is 6.61 Å². The van der Waals surface area contributed by atoms with Crippen molar-refractivity contribution in [2.24, 2.45) is 0 Å². The second-order valence-electron chi connectivity index (χ2n) is 4.40. The van der Waals surface area contributed by atoms with E-state index in [0.717, 1.165) is 23.0 Å². The molecule has 1 aliphatic rings. The highest BCUT2D eigenvalue weighted by molar-refractivity contribution is 7.89. The number of carbonyl (C=O) groups excluding carboxylic acids is 1. The number of amides is 1. The van der Waals surface area contributed by atoms with Crippen molar-refractivity contribution in [3.63, 3.8) is 0 Å². The molecule has 6 nitrogen and oxygen atoms in total. The molecule has 1 heterocycles. The fourth-order valence-electron chi connectivity index (χ4n) is 1.86. The number of benzene rings is 1. The Kier molecular flexibility index (Phi) is 4.36. The Morgan fingerprint density at radius 2 is 2.15 bits per heavy atom. The van der Waals surface area contributed by atoms with Crippen molar-refractivity contribution in [1.29, 1.82) is 0 Å². The van der Waals surface area contributed by atoms with Gasteiger partial charge in [0.25, 0.3) is 10.0 Å². The number of carbonyl (C=O) groups is 1. The van der Waals surface area contributed by atoms with Gasteiger partial charge in [-0.25, -0.2) is 12.8 Å². The molecule has 0 aromatic heterocycles. The summed E-state index contributed by atoms with van der Waals surface area (Å²) in [6.07, 6.45) is 1.45. The van der Waals surface area contributed by atoms with Crippen LogP contribution in [0.1, 0.15) is 19.8 Å². The molecule has 0 atom stereocenters. The standard InChI is InChI=1S/C12H15FN2O4S/c1-9(16)14-10-4-5-12(11(13)8-10)20(17,18)15-6-2-3-7-19-15/h4-5,8H,2-3,6-7H2,1H3,(H,14,16). The Morgan fingerprint density at radius 1 is 1.40 bits per heavy atom. The Hall–Kier alpha value is -1.51. The molecule has 20 heavy (non-hydrogen) atoms. The quantitative estimate of drug-likeness (QED) is 0.918. The van der Waals surface area contributed by atoms with Crippen molar-refractivity contribution in [2.45, 2.75) is 24.7 Å². The van der Waals surface area contributed by atoms with E-state index in [1.807, 2.05) is 0 Å². The Labute approximate surface area is 116 Å². The Balaban J connectivity index is 2.29. The van der Waals surface area contributed by atoms with Crippen LogP contribution in [0.4, 0.5) is 10.1 Å². The minimum Gasteiger partial charge on any atom is -0.326 e. The summed E-state index contributed by atoms with van der Waals surface area (Å²) in [4.78, 5) is 15.5. The molecule has 1 aromatic rings. The van der Waals surface area contributed by atoms with E-state index in [1.165, 1.54) is 13.0 Å². The first-order chi connectivity index (χ1) is 9.41. The largest absolute Gasteiger partial charge is 0.326 e. The summed E-state index contributed by atoms with van der Waals surface area (Å²) in [6.45, 7) is 1.78. The van der Waals surface area contributed by atoms with E-state index in [9.17, 15) is 17.6 Å². The third-order valence-electron chi connectivity index (χ3n) is 2.77. The van der Waals surface area contributed by atoms with Gasteiger partial charge in [-0.3, -0.25) is 9.63 Å². The second-order valence-corrected chi connectivity index (χ2v) is 6.20. The smallest absolute Gasteiger partial charge is 0.267 e. The maximum absolute atomic E-state index is 13.9. The lowest BCUT2D eigenvalue weighted by molar-refractivity contribution is -0.114. The van der Waals surface area contributed by atoms with E-state index >= 15 is 0 Å². The second kappa shape index (κ2) is 5.86. The van der Waals surface area contributed by atoms with Crippen LogP contribution >= 0.6 is 0 Å². The molecule has 1 fully saturated rings. The summed E-state index contributed by atoms with van der Waals surface area (Å²) in [7, 11) is -4.01. The van der Waals surface area contributed by atoms with Gasteiger partial charge >= 0.3 is 0 Å². The number of sulfonamides is 1. The fraction of sp³-hybridized carbons (Fsp3) is 0.417. The molecule has 8 heteroatoms. The SMILES string of the molecule is CC(=O)Nc1ccc(S(=O)(=O)N2CCCCO2)c(F)c1.